The fourth-order valence-electron chi connectivity index (χ4n) is 2.63. The van der Waals surface area contributed by atoms with Gasteiger partial charge in [-0.2, -0.15) is 11.8 Å². The maximum absolute atomic E-state index is 12.2. The number of fused-ring (bicyclic) bond motifs is 2. The predicted molar refractivity (Wildman–Crippen MR) is 80.5 cm³/mol. The maximum atomic E-state index is 12.2. The van der Waals surface area contributed by atoms with Gasteiger partial charge in [0.2, 0.25) is 0 Å². The van der Waals surface area contributed by atoms with Crippen LogP contribution in [-0.2, 0) is 4.74 Å². The summed E-state index contributed by atoms with van der Waals surface area (Å²) in [5.74, 6) is 1.71. The Morgan fingerprint density at radius 3 is 2.79 bits per heavy atom. The summed E-state index contributed by atoms with van der Waals surface area (Å²) < 4.78 is 5.49. The molecule has 0 aromatic heterocycles. The van der Waals surface area contributed by atoms with E-state index in [4.69, 9.17) is 4.74 Å². The fourth-order valence-corrected chi connectivity index (χ4v) is 4.21. The van der Waals surface area contributed by atoms with Crippen LogP contribution in [0.15, 0.2) is 12.2 Å². The smallest absolute Gasteiger partial charge is 0.410 e. The highest BCUT2D eigenvalue weighted by molar-refractivity contribution is 8.00. The fraction of sp³-hybridized carbons (Fsp3) is 0.800. The molecule has 0 aromatic rings. The van der Waals surface area contributed by atoms with Crippen molar-refractivity contribution in [1.82, 2.24) is 4.90 Å². The molecule has 19 heavy (non-hydrogen) atoms. The number of hydrogen-bond acceptors (Lipinski definition) is 3. The SMILES string of the molecule is CCCCS[C@@H]1[C@H]2C=C[C@@H]1N(C(=O)OC(C)(C)C)C2. The number of likely N-dealkylation sites (tertiary alicyclic amines) is 1. The van der Waals surface area contributed by atoms with E-state index in [2.05, 4.69) is 19.1 Å². The quantitative estimate of drug-likeness (QED) is 0.582. The predicted octanol–water partition coefficient (Wildman–Crippen LogP) is 3.69. The van der Waals surface area contributed by atoms with Gasteiger partial charge in [0.1, 0.15) is 5.60 Å². The van der Waals surface area contributed by atoms with Crippen molar-refractivity contribution in [2.75, 3.05) is 12.3 Å². The largest absolute Gasteiger partial charge is 0.444 e. The molecule has 3 nitrogen and oxygen atoms in total. The summed E-state index contributed by atoms with van der Waals surface area (Å²) >= 11 is 2.01. The third-order valence-corrected chi connectivity index (χ3v) is 5.06. The number of unbranched alkanes of at least 4 members (excludes halogenated alkanes) is 1. The van der Waals surface area contributed by atoms with E-state index in [1.807, 2.05) is 37.4 Å². The zero-order chi connectivity index (χ0) is 14.0. The summed E-state index contributed by atoms with van der Waals surface area (Å²) in [6, 6.07) is 0.238. The minimum atomic E-state index is -0.409. The summed E-state index contributed by atoms with van der Waals surface area (Å²) in [4.78, 5) is 14.1. The van der Waals surface area contributed by atoms with Gasteiger partial charge in [0, 0.05) is 17.7 Å². The van der Waals surface area contributed by atoms with Crippen molar-refractivity contribution in [2.24, 2.45) is 5.92 Å². The molecule has 0 unspecified atom stereocenters. The van der Waals surface area contributed by atoms with Crippen LogP contribution in [0.3, 0.4) is 0 Å². The zero-order valence-electron chi connectivity index (χ0n) is 12.4. The molecule has 1 saturated heterocycles. The molecule has 1 heterocycles. The summed E-state index contributed by atoms with van der Waals surface area (Å²) in [7, 11) is 0. The normalized spacial score (nSPS) is 29.1. The van der Waals surface area contributed by atoms with Crippen LogP contribution in [0.1, 0.15) is 40.5 Å². The number of amides is 1. The Morgan fingerprint density at radius 1 is 1.42 bits per heavy atom. The summed E-state index contributed by atoms with van der Waals surface area (Å²) in [6.45, 7) is 8.79. The van der Waals surface area contributed by atoms with Gasteiger partial charge in [0.25, 0.3) is 0 Å². The van der Waals surface area contributed by atoms with Gasteiger partial charge in [-0.25, -0.2) is 4.79 Å². The van der Waals surface area contributed by atoms with Crippen LogP contribution in [0.5, 0.6) is 0 Å². The lowest BCUT2D eigenvalue weighted by Gasteiger charge is -2.28. The molecule has 4 heteroatoms. The Kier molecular flexibility index (Phi) is 4.49. The lowest BCUT2D eigenvalue weighted by Crippen LogP contribution is -2.41. The van der Waals surface area contributed by atoms with Crippen LogP contribution in [0.4, 0.5) is 4.79 Å². The number of ether oxygens (including phenoxy) is 1. The molecule has 1 aliphatic carbocycles. The second-order valence-electron chi connectivity index (χ2n) is 6.36. The molecule has 0 saturated carbocycles. The van der Waals surface area contributed by atoms with Crippen molar-refractivity contribution >= 4 is 17.9 Å². The van der Waals surface area contributed by atoms with E-state index in [0.29, 0.717) is 11.2 Å². The second kappa shape index (κ2) is 5.78. The first-order valence-electron chi connectivity index (χ1n) is 7.22. The molecule has 2 aliphatic rings. The minimum Gasteiger partial charge on any atom is -0.444 e. The third-order valence-electron chi connectivity index (χ3n) is 3.52. The number of rotatable bonds is 4. The topological polar surface area (TPSA) is 29.5 Å². The molecule has 0 spiro atoms. The van der Waals surface area contributed by atoms with E-state index in [1.54, 1.807) is 0 Å². The number of carbonyl (C=O) groups is 1. The standard InChI is InChI=1S/C15H25NO2S/c1-5-6-9-19-13-11-7-8-12(13)16(10-11)14(17)18-15(2,3)4/h7-8,11-13H,5-6,9-10H2,1-4H3/t11-,12-,13+/m0/s1. The summed E-state index contributed by atoms with van der Waals surface area (Å²) in [5, 5.41) is 0.541. The van der Waals surface area contributed by atoms with E-state index < -0.39 is 5.60 Å². The van der Waals surface area contributed by atoms with Crippen molar-refractivity contribution in [3.63, 3.8) is 0 Å². The first-order chi connectivity index (χ1) is 8.92. The van der Waals surface area contributed by atoms with Crippen LogP contribution < -0.4 is 0 Å². The monoisotopic (exact) mass is 283 g/mol. The number of thioether (sulfide) groups is 1. The number of carbonyl (C=O) groups excluding carboxylic acids is 1. The molecule has 2 bridgehead atoms. The molecule has 0 aromatic carbocycles. The Morgan fingerprint density at radius 2 is 2.16 bits per heavy atom. The van der Waals surface area contributed by atoms with Gasteiger partial charge in [-0.05, 0) is 32.9 Å². The van der Waals surface area contributed by atoms with Gasteiger partial charge in [-0.15, -0.1) is 0 Å². The van der Waals surface area contributed by atoms with E-state index in [9.17, 15) is 4.79 Å². The lowest BCUT2D eigenvalue weighted by atomic mass is 10.1. The van der Waals surface area contributed by atoms with Crippen LogP contribution in [0.25, 0.3) is 0 Å². The molecule has 1 fully saturated rings. The minimum absolute atomic E-state index is 0.162. The molecule has 3 atom stereocenters. The van der Waals surface area contributed by atoms with Gasteiger partial charge < -0.3 is 4.74 Å². The Hall–Kier alpha value is -0.640. The van der Waals surface area contributed by atoms with Crippen molar-refractivity contribution < 1.29 is 9.53 Å². The van der Waals surface area contributed by atoms with Crippen molar-refractivity contribution in [1.29, 1.82) is 0 Å². The van der Waals surface area contributed by atoms with Crippen LogP contribution in [0.2, 0.25) is 0 Å². The third kappa shape index (κ3) is 3.47. The Labute approximate surface area is 120 Å². The van der Waals surface area contributed by atoms with Crippen LogP contribution >= 0.6 is 11.8 Å². The van der Waals surface area contributed by atoms with Crippen LogP contribution in [-0.4, -0.2) is 40.2 Å². The van der Waals surface area contributed by atoms with Gasteiger partial charge in [-0.3, -0.25) is 4.90 Å². The van der Waals surface area contributed by atoms with E-state index in [1.165, 1.54) is 18.6 Å². The highest BCUT2D eigenvalue weighted by Gasteiger charge is 2.46. The highest BCUT2D eigenvalue weighted by atomic mass is 32.2. The summed E-state index contributed by atoms with van der Waals surface area (Å²) in [6.07, 6.45) is 6.78. The van der Waals surface area contributed by atoms with Crippen molar-refractivity contribution in [3.8, 4) is 0 Å². The van der Waals surface area contributed by atoms with Gasteiger partial charge in [0.15, 0.2) is 0 Å². The number of nitrogens with zero attached hydrogens (tertiary/aromatic N) is 1. The maximum Gasteiger partial charge on any atom is 0.410 e. The zero-order valence-corrected chi connectivity index (χ0v) is 13.2. The molecule has 1 amide bonds. The highest BCUT2D eigenvalue weighted by Crippen LogP contribution is 2.40. The molecule has 1 aliphatic heterocycles. The average molecular weight is 283 g/mol. The van der Waals surface area contributed by atoms with Crippen molar-refractivity contribution in [2.45, 2.75) is 57.4 Å². The average Bonchev–Trinajstić information content (AvgIpc) is 2.84. The number of hydrogen-bond donors (Lipinski definition) is 0. The van der Waals surface area contributed by atoms with Gasteiger partial charge in [-0.1, -0.05) is 25.5 Å². The first-order valence-corrected chi connectivity index (χ1v) is 8.27. The Balaban J connectivity index is 1.92. The molecular weight excluding hydrogens is 258 g/mol. The van der Waals surface area contributed by atoms with Gasteiger partial charge >= 0.3 is 6.09 Å². The van der Waals surface area contributed by atoms with E-state index in [0.717, 1.165) is 6.54 Å². The van der Waals surface area contributed by atoms with E-state index >= 15 is 0 Å². The molecule has 108 valence electrons. The molecule has 0 radical (unpaired) electrons. The van der Waals surface area contributed by atoms with Gasteiger partial charge in [0.05, 0.1) is 6.04 Å². The Bertz CT molecular complexity index is 362. The second-order valence-corrected chi connectivity index (χ2v) is 7.65. The first kappa shape index (κ1) is 14.8. The van der Waals surface area contributed by atoms with E-state index in [-0.39, 0.29) is 12.1 Å². The summed E-state index contributed by atoms with van der Waals surface area (Å²) in [5.41, 5.74) is -0.409. The molecule has 2 rings (SSSR count). The van der Waals surface area contributed by atoms with Crippen molar-refractivity contribution in [3.05, 3.63) is 12.2 Å². The molecular formula is C15H25NO2S. The van der Waals surface area contributed by atoms with Crippen LogP contribution in [0, 0.1) is 5.92 Å². The molecule has 0 N–H and O–H groups in total. The lowest BCUT2D eigenvalue weighted by molar-refractivity contribution is 0.0248.